The Balaban J connectivity index is 2.45. The van der Waals surface area contributed by atoms with E-state index < -0.39 is 24.2 Å². The number of aliphatic hydroxyl groups excluding tert-OH is 3. The van der Waals surface area contributed by atoms with Crippen molar-refractivity contribution >= 4 is 34.4 Å². The molecule has 38 heavy (non-hydrogen) atoms. The third-order valence-corrected chi connectivity index (χ3v) is 7.14. The molecule has 2 amide bonds. The van der Waals surface area contributed by atoms with Crippen LogP contribution in [0.3, 0.4) is 0 Å². The predicted molar refractivity (Wildman–Crippen MR) is 151 cm³/mol. The second-order valence-corrected chi connectivity index (χ2v) is 10.2. The molecular weight excluding hydrogens is 607 g/mol. The molecule has 0 saturated carbocycles. The molecule has 4 N–H and O–H groups in total. The maximum atomic E-state index is 13.2. The molecule has 0 unspecified atom stereocenters. The van der Waals surface area contributed by atoms with Crippen LogP contribution < -0.4 is 14.8 Å². The minimum Gasteiger partial charge on any atom is -0.493 e. The smallest absolute Gasteiger partial charge is 0.248 e. The van der Waals surface area contributed by atoms with Gasteiger partial charge < -0.3 is 39.7 Å². The standard InChI is InChI=1S/C27H41IN2O8/c1-4-6-7-8-10-30(24(33)17-37-5-2)21-14-19(27(35)29-9-11-31)15-22(25(21)34)38-26-20(28)12-18(16-32)13-23(26)36-3/h12-13,15,21-22,25,31-32,34H,4-11,14,16-17H2,1-3H3,(H,29,35)/t21-,22+,25+/m1/s1. The van der Waals surface area contributed by atoms with E-state index in [9.17, 15) is 24.9 Å². The molecule has 1 aliphatic rings. The number of hydrogen-bond donors (Lipinski definition) is 4. The van der Waals surface area contributed by atoms with Crippen molar-refractivity contribution in [3.05, 3.63) is 32.9 Å². The van der Waals surface area contributed by atoms with Crippen molar-refractivity contribution in [2.75, 3.05) is 40.0 Å². The van der Waals surface area contributed by atoms with Gasteiger partial charge in [-0.05, 0) is 59.7 Å². The van der Waals surface area contributed by atoms with Gasteiger partial charge in [0.1, 0.15) is 18.8 Å². The van der Waals surface area contributed by atoms with E-state index in [4.69, 9.17) is 14.2 Å². The molecule has 1 aromatic carbocycles. The number of nitrogens with one attached hydrogen (secondary N) is 1. The van der Waals surface area contributed by atoms with Gasteiger partial charge in [-0.2, -0.15) is 0 Å². The van der Waals surface area contributed by atoms with Gasteiger partial charge in [-0.25, -0.2) is 0 Å². The van der Waals surface area contributed by atoms with Gasteiger partial charge in [0.05, 0.1) is 29.9 Å². The van der Waals surface area contributed by atoms with Crippen molar-refractivity contribution in [2.24, 2.45) is 0 Å². The second kappa shape index (κ2) is 16.9. The summed E-state index contributed by atoms with van der Waals surface area (Å²) in [4.78, 5) is 27.7. The summed E-state index contributed by atoms with van der Waals surface area (Å²) in [6, 6.07) is 2.67. The maximum Gasteiger partial charge on any atom is 0.248 e. The van der Waals surface area contributed by atoms with Crippen LogP contribution in [-0.2, 0) is 20.9 Å². The van der Waals surface area contributed by atoms with Gasteiger partial charge in [-0.15, -0.1) is 0 Å². The highest BCUT2D eigenvalue weighted by molar-refractivity contribution is 14.1. The molecule has 0 radical (unpaired) electrons. The number of rotatable bonds is 16. The Kier molecular flexibility index (Phi) is 14.4. The minimum absolute atomic E-state index is 0.0767. The van der Waals surface area contributed by atoms with Crippen LogP contribution in [0, 0.1) is 3.57 Å². The van der Waals surface area contributed by atoms with E-state index in [0.29, 0.717) is 39.4 Å². The van der Waals surface area contributed by atoms with E-state index in [0.717, 1.165) is 25.7 Å². The van der Waals surface area contributed by atoms with Gasteiger partial charge in [-0.1, -0.05) is 26.2 Å². The monoisotopic (exact) mass is 648 g/mol. The first-order valence-corrected chi connectivity index (χ1v) is 14.2. The summed E-state index contributed by atoms with van der Waals surface area (Å²) in [7, 11) is 1.48. The first-order valence-electron chi connectivity index (χ1n) is 13.1. The fourth-order valence-corrected chi connectivity index (χ4v) is 5.14. The van der Waals surface area contributed by atoms with E-state index in [2.05, 4.69) is 34.8 Å². The first kappa shape index (κ1) is 32.3. The molecule has 0 heterocycles. The maximum absolute atomic E-state index is 13.2. The SMILES string of the molecule is CCCCCCN(C(=O)COCC)[C@@H]1CC(C(=O)NCCO)=C[C@H](Oc2c(I)cc(CO)cc2OC)[C@H]1O. The fraction of sp³-hybridized carbons (Fsp3) is 0.630. The van der Waals surface area contributed by atoms with Crippen LogP contribution in [0.1, 0.15) is 51.5 Å². The van der Waals surface area contributed by atoms with Crippen molar-refractivity contribution in [3.8, 4) is 11.5 Å². The molecule has 0 aromatic heterocycles. The third-order valence-electron chi connectivity index (χ3n) is 6.34. The molecule has 1 aromatic rings. The lowest BCUT2D eigenvalue weighted by Gasteiger charge is -2.40. The quantitative estimate of drug-likeness (QED) is 0.158. The van der Waals surface area contributed by atoms with E-state index in [1.807, 2.05) is 6.92 Å². The highest BCUT2D eigenvalue weighted by Crippen LogP contribution is 2.37. The van der Waals surface area contributed by atoms with Crippen LogP contribution in [-0.4, -0.2) is 90.3 Å². The van der Waals surface area contributed by atoms with Crippen molar-refractivity contribution in [1.29, 1.82) is 0 Å². The number of nitrogens with zero attached hydrogens (tertiary/aromatic N) is 1. The van der Waals surface area contributed by atoms with E-state index in [1.54, 1.807) is 23.1 Å². The number of ether oxygens (including phenoxy) is 3. The Morgan fingerprint density at radius 1 is 1.18 bits per heavy atom. The number of halogens is 1. The Morgan fingerprint density at radius 2 is 1.95 bits per heavy atom. The van der Waals surface area contributed by atoms with E-state index >= 15 is 0 Å². The summed E-state index contributed by atoms with van der Waals surface area (Å²) >= 11 is 2.06. The lowest BCUT2D eigenvalue weighted by Crippen LogP contribution is -2.56. The Bertz CT molecular complexity index is 942. The zero-order valence-electron chi connectivity index (χ0n) is 22.5. The number of unbranched alkanes of at least 4 members (excludes halogenated alkanes) is 3. The molecule has 0 spiro atoms. The summed E-state index contributed by atoms with van der Waals surface area (Å²) in [5.74, 6) is 0.0722. The zero-order chi connectivity index (χ0) is 28.1. The van der Waals surface area contributed by atoms with Crippen LogP contribution in [0.5, 0.6) is 11.5 Å². The van der Waals surface area contributed by atoms with Gasteiger partial charge in [0, 0.05) is 31.7 Å². The summed E-state index contributed by atoms with van der Waals surface area (Å²) in [6.07, 6.45) is 3.34. The predicted octanol–water partition coefficient (Wildman–Crippen LogP) is 2.15. The summed E-state index contributed by atoms with van der Waals surface area (Å²) < 4.78 is 17.8. The largest absolute Gasteiger partial charge is 0.493 e. The fourth-order valence-electron chi connectivity index (χ4n) is 4.35. The van der Waals surface area contributed by atoms with Gasteiger partial charge in [-0.3, -0.25) is 9.59 Å². The van der Waals surface area contributed by atoms with Crippen molar-refractivity contribution in [1.82, 2.24) is 10.2 Å². The number of carbonyl (C=O) groups is 2. The number of amides is 2. The minimum atomic E-state index is -1.14. The molecule has 1 aliphatic carbocycles. The number of carbonyl (C=O) groups excluding carboxylic acids is 2. The van der Waals surface area contributed by atoms with Crippen molar-refractivity contribution in [3.63, 3.8) is 0 Å². The van der Waals surface area contributed by atoms with Crippen LogP contribution in [0.4, 0.5) is 0 Å². The van der Waals surface area contributed by atoms with Gasteiger partial charge >= 0.3 is 0 Å². The number of benzene rings is 1. The van der Waals surface area contributed by atoms with E-state index in [-0.39, 0.29) is 38.7 Å². The van der Waals surface area contributed by atoms with Crippen LogP contribution >= 0.6 is 22.6 Å². The summed E-state index contributed by atoms with van der Waals surface area (Å²) in [6.45, 7) is 4.27. The molecule has 2 rings (SSSR count). The molecule has 214 valence electrons. The summed E-state index contributed by atoms with van der Waals surface area (Å²) in [5, 5.41) is 32.9. The Hall–Kier alpha value is -1.93. The van der Waals surface area contributed by atoms with Gasteiger partial charge in [0.2, 0.25) is 11.8 Å². The van der Waals surface area contributed by atoms with Crippen molar-refractivity contribution < 1.29 is 39.1 Å². The lowest BCUT2D eigenvalue weighted by atomic mass is 9.88. The Morgan fingerprint density at radius 3 is 2.58 bits per heavy atom. The van der Waals surface area contributed by atoms with Crippen LogP contribution in [0.2, 0.25) is 0 Å². The van der Waals surface area contributed by atoms with Gasteiger partial charge in [0.15, 0.2) is 11.5 Å². The van der Waals surface area contributed by atoms with Crippen LogP contribution in [0.15, 0.2) is 23.8 Å². The molecule has 0 bridgehead atoms. The molecule has 0 fully saturated rings. The molecule has 0 saturated heterocycles. The normalized spacial score (nSPS) is 19.0. The third kappa shape index (κ3) is 9.08. The number of methoxy groups -OCH3 is 1. The number of aliphatic hydroxyl groups is 3. The first-order chi connectivity index (χ1) is 18.3. The van der Waals surface area contributed by atoms with E-state index in [1.165, 1.54) is 7.11 Å². The van der Waals surface area contributed by atoms with Crippen LogP contribution in [0.25, 0.3) is 0 Å². The molecule has 10 nitrogen and oxygen atoms in total. The topological polar surface area (TPSA) is 138 Å². The second-order valence-electron chi connectivity index (χ2n) is 9.07. The number of hydrogen-bond acceptors (Lipinski definition) is 8. The highest BCUT2D eigenvalue weighted by Gasteiger charge is 2.40. The average Bonchev–Trinajstić information content (AvgIpc) is 2.92. The molecule has 3 atom stereocenters. The average molecular weight is 649 g/mol. The van der Waals surface area contributed by atoms with Crippen molar-refractivity contribution in [2.45, 2.75) is 70.8 Å². The summed E-state index contributed by atoms with van der Waals surface area (Å²) in [5.41, 5.74) is 0.988. The van der Waals surface area contributed by atoms with Gasteiger partial charge in [0.25, 0.3) is 0 Å². The highest BCUT2D eigenvalue weighted by atomic mass is 127. The lowest BCUT2D eigenvalue weighted by molar-refractivity contribution is -0.143. The molecule has 0 aliphatic heterocycles. The Labute approximate surface area is 238 Å². The molecule has 11 heteroatoms. The molecular formula is C27H41IN2O8. The zero-order valence-corrected chi connectivity index (χ0v) is 24.6.